The number of nitrogens with one attached hydrogen (secondary N) is 2. The molecule has 0 amide bonds. The summed E-state index contributed by atoms with van der Waals surface area (Å²) in [5.74, 6) is 1.97. The molecule has 5 rings (SSSR count). The van der Waals surface area contributed by atoms with Crippen molar-refractivity contribution in [1.29, 1.82) is 0 Å². The van der Waals surface area contributed by atoms with Crippen LogP contribution in [0.5, 0.6) is 11.5 Å². The molecule has 2 atom stereocenters. The number of ether oxygens (including phenoxy) is 2. The lowest BCUT2D eigenvalue weighted by molar-refractivity contribution is -0.116. The van der Waals surface area contributed by atoms with Gasteiger partial charge in [-0.15, -0.1) is 0 Å². The minimum atomic E-state index is -0.237. The van der Waals surface area contributed by atoms with Crippen LogP contribution in [-0.4, -0.2) is 18.0 Å². The first kappa shape index (κ1) is 24.0. The van der Waals surface area contributed by atoms with Crippen LogP contribution in [0.1, 0.15) is 63.6 Å². The van der Waals surface area contributed by atoms with Crippen molar-refractivity contribution in [3.63, 3.8) is 0 Å². The molecule has 0 radical (unpaired) electrons. The van der Waals surface area contributed by atoms with E-state index in [9.17, 15) is 4.79 Å². The number of allylic oxidation sites excluding steroid dienone is 1. The molecule has 2 unspecified atom stereocenters. The van der Waals surface area contributed by atoms with Gasteiger partial charge in [0.2, 0.25) is 0 Å². The first-order valence-corrected chi connectivity index (χ1v) is 12.8. The van der Waals surface area contributed by atoms with Crippen molar-refractivity contribution in [2.24, 2.45) is 0 Å². The van der Waals surface area contributed by atoms with Crippen LogP contribution < -0.4 is 20.1 Å². The van der Waals surface area contributed by atoms with Crippen molar-refractivity contribution in [2.45, 2.75) is 64.7 Å². The van der Waals surface area contributed by atoms with E-state index in [0.717, 1.165) is 51.7 Å². The Morgan fingerprint density at radius 2 is 1.28 bits per heavy atom. The Balaban J connectivity index is 1.49. The Morgan fingerprint density at radius 1 is 0.722 bits per heavy atom. The normalized spacial score (nSPS) is 19.2. The molecule has 1 aliphatic heterocycles. The van der Waals surface area contributed by atoms with Crippen molar-refractivity contribution >= 4 is 17.2 Å². The predicted molar refractivity (Wildman–Crippen MR) is 145 cm³/mol. The number of hydrogen-bond acceptors (Lipinski definition) is 5. The first-order chi connectivity index (χ1) is 17.4. The van der Waals surface area contributed by atoms with E-state index in [2.05, 4.69) is 47.0 Å². The molecule has 36 heavy (non-hydrogen) atoms. The van der Waals surface area contributed by atoms with Gasteiger partial charge >= 0.3 is 0 Å². The fourth-order valence-electron chi connectivity index (χ4n) is 5.08. The zero-order chi connectivity index (χ0) is 25.2. The Labute approximate surface area is 213 Å². The molecule has 1 aliphatic carbocycles. The number of anilines is 2. The first-order valence-electron chi connectivity index (χ1n) is 12.8. The highest BCUT2D eigenvalue weighted by molar-refractivity contribution is 6.01. The number of carbonyl (C=O) groups is 1. The minimum absolute atomic E-state index is 0.111. The molecule has 0 saturated carbocycles. The van der Waals surface area contributed by atoms with E-state index in [-0.39, 0.29) is 30.0 Å². The second-order valence-corrected chi connectivity index (χ2v) is 10.1. The summed E-state index contributed by atoms with van der Waals surface area (Å²) in [6, 6.07) is 24.2. The summed E-state index contributed by atoms with van der Waals surface area (Å²) < 4.78 is 11.6. The van der Waals surface area contributed by atoms with Crippen LogP contribution in [0.4, 0.5) is 11.4 Å². The maximum atomic E-state index is 13.7. The summed E-state index contributed by atoms with van der Waals surface area (Å²) >= 11 is 0. The van der Waals surface area contributed by atoms with Gasteiger partial charge in [0.05, 0.1) is 29.6 Å². The van der Waals surface area contributed by atoms with Gasteiger partial charge in [0, 0.05) is 17.7 Å². The highest BCUT2D eigenvalue weighted by Crippen LogP contribution is 2.44. The monoisotopic (exact) mass is 482 g/mol. The van der Waals surface area contributed by atoms with Gasteiger partial charge in [-0.25, -0.2) is 0 Å². The number of carbonyl (C=O) groups excluding carboxylic acids is 1. The third-order valence-electron chi connectivity index (χ3n) is 6.62. The Morgan fingerprint density at radius 3 is 1.86 bits per heavy atom. The molecular formula is C31H34N2O3. The molecule has 0 aromatic heterocycles. The maximum absolute atomic E-state index is 13.7. The van der Waals surface area contributed by atoms with E-state index < -0.39 is 0 Å². The lowest BCUT2D eigenvalue weighted by Crippen LogP contribution is -2.26. The third kappa shape index (κ3) is 5.11. The lowest BCUT2D eigenvalue weighted by atomic mass is 9.78. The van der Waals surface area contributed by atoms with Gasteiger partial charge in [0.15, 0.2) is 5.78 Å². The summed E-state index contributed by atoms with van der Waals surface area (Å²) in [4.78, 5) is 13.7. The lowest BCUT2D eigenvalue weighted by Gasteiger charge is -2.30. The molecule has 3 aromatic rings. The van der Waals surface area contributed by atoms with Crippen LogP contribution in [0.3, 0.4) is 0 Å². The second-order valence-electron chi connectivity index (χ2n) is 10.1. The van der Waals surface area contributed by atoms with Crippen molar-refractivity contribution in [2.75, 3.05) is 10.6 Å². The molecule has 3 aromatic carbocycles. The smallest absolute Gasteiger partial charge is 0.163 e. The van der Waals surface area contributed by atoms with Crippen LogP contribution in [0.2, 0.25) is 0 Å². The van der Waals surface area contributed by atoms with Gasteiger partial charge in [-0.05, 0) is 87.6 Å². The van der Waals surface area contributed by atoms with Crippen molar-refractivity contribution in [1.82, 2.24) is 0 Å². The largest absolute Gasteiger partial charge is 0.491 e. The molecule has 0 fully saturated rings. The maximum Gasteiger partial charge on any atom is 0.163 e. The molecule has 0 saturated heterocycles. The van der Waals surface area contributed by atoms with Crippen LogP contribution in [0.15, 0.2) is 84.1 Å². The predicted octanol–water partition coefficient (Wildman–Crippen LogP) is 7.24. The van der Waals surface area contributed by atoms with E-state index in [1.165, 1.54) is 0 Å². The zero-order valence-electron chi connectivity index (χ0n) is 21.4. The van der Waals surface area contributed by atoms with Gasteiger partial charge in [-0.1, -0.05) is 36.4 Å². The number of rotatable bonds is 6. The van der Waals surface area contributed by atoms with E-state index >= 15 is 0 Å². The number of hydrogen-bond donors (Lipinski definition) is 2. The Kier molecular flexibility index (Phi) is 6.73. The molecule has 186 valence electrons. The number of fused-ring (bicyclic) bond motifs is 1. The number of Topliss-reactive ketones (excluding diaryl/α,β-unsaturated/α-hetero) is 1. The number of para-hydroxylation sites is 2. The third-order valence-corrected chi connectivity index (χ3v) is 6.62. The van der Waals surface area contributed by atoms with E-state index in [1.54, 1.807) is 0 Å². The molecule has 1 heterocycles. The van der Waals surface area contributed by atoms with E-state index in [4.69, 9.17) is 9.47 Å². The SMILES string of the molecule is CC(C)Oc1ccc(C2CC(=O)C3=C(C2)Nc2ccccc2NC3c2ccc(OC(C)C)cc2)cc1. The number of benzene rings is 3. The molecule has 2 aliphatic rings. The van der Waals surface area contributed by atoms with Gasteiger partial charge < -0.3 is 20.1 Å². The van der Waals surface area contributed by atoms with Gasteiger partial charge in [-0.2, -0.15) is 0 Å². The van der Waals surface area contributed by atoms with Gasteiger partial charge in [0.25, 0.3) is 0 Å². The highest BCUT2D eigenvalue weighted by atomic mass is 16.5. The summed E-state index contributed by atoms with van der Waals surface area (Å²) in [5, 5.41) is 7.26. The zero-order valence-corrected chi connectivity index (χ0v) is 21.4. The van der Waals surface area contributed by atoms with Crippen LogP contribution in [0.25, 0.3) is 0 Å². The second kappa shape index (κ2) is 10.1. The quantitative estimate of drug-likeness (QED) is 0.388. The molecular weight excluding hydrogens is 448 g/mol. The molecule has 0 spiro atoms. The molecule has 2 N–H and O–H groups in total. The van der Waals surface area contributed by atoms with E-state index in [1.807, 2.05) is 64.1 Å². The Hall–Kier alpha value is -3.73. The minimum Gasteiger partial charge on any atom is -0.491 e. The summed E-state index contributed by atoms with van der Waals surface area (Å²) in [6.07, 6.45) is 1.49. The van der Waals surface area contributed by atoms with E-state index in [0.29, 0.717) is 6.42 Å². The Bertz CT molecular complexity index is 1260. The topological polar surface area (TPSA) is 59.6 Å². The summed E-state index contributed by atoms with van der Waals surface area (Å²) in [7, 11) is 0. The molecule has 5 nitrogen and oxygen atoms in total. The fourth-order valence-corrected chi connectivity index (χ4v) is 5.08. The molecule has 0 bridgehead atoms. The standard InChI is InChI=1S/C31H34N2O3/c1-19(2)35-24-13-9-21(10-14-24)23-17-28-30(29(34)18-23)31(33-27-8-6-5-7-26(27)32-28)22-11-15-25(16-12-22)36-20(3)4/h5-16,19-20,23,31-33H,17-18H2,1-4H3. The van der Waals surface area contributed by atoms with Gasteiger partial charge in [-0.3, -0.25) is 4.79 Å². The van der Waals surface area contributed by atoms with Crippen LogP contribution >= 0.6 is 0 Å². The summed E-state index contributed by atoms with van der Waals surface area (Å²) in [5.41, 5.74) is 5.98. The highest BCUT2D eigenvalue weighted by Gasteiger charge is 2.36. The van der Waals surface area contributed by atoms with Crippen molar-refractivity contribution in [3.05, 3.63) is 95.2 Å². The van der Waals surface area contributed by atoms with Crippen molar-refractivity contribution in [3.8, 4) is 11.5 Å². The van der Waals surface area contributed by atoms with Gasteiger partial charge in [0.1, 0.15) is 11.5 Å². The fraction of sp³-hybridized carbons (Fsp3) is 0.323. The molecule has 5 heteroatoms. The average molecular weight is 483 g/mol. The number of ketones is 1. The van der Waals surface area contributed by atoms with Crippen molar-refractivity contribution < 1.29 is 14.3 Å². The average Bonchev–Trinajstić information content (AvgIpc) is 3.01. The van der Waals surface area contributed by atoms with Crippen LogP contribution in [0, 0.1) is 0 Å². The van der Waals surface area contributed by atoms with Crippen LogP contribution in [-0.2, 0) is 4.79 Å². The summed E-state index contributed by atoms with van der Waals surface area (Å²) in [6.45, 7) is 8.07.